The lowest BCUT2D eigenvalue weighted by atomic mass is 9.79. The summed E-state index contributed by atoms with van der Waals surface area (Å²) >= 11 is 0. The van der Waals surface area contributed by atoms with E-state index in [1.807, 2.05) is 0 Å². The highest BCUT2D eigenvalue weighted by Crippen LogP contribution is 2.58. The minimum Gasteiger partial charge on any atom is -0.284 e. The van der Waals surface area contributed by atoms with Gasteiger partial charge in [0.15, 0.2) is 0 Å². The Morgan fingerprint density at radius 1 is 1.21 bits per heavy atom. The van der Waals surface area contributed by atoms with Crippen LogP contribution in [0.5, 0.6) is 0 Å². The lowest BCUT2D eigenvalue weighted by Gasteiger charge is -2.31. The zero-order chi connectivity index (χ0) is 13.0. The summed E-state index contributed by atoms with van der Waals surface area (Å²) in [5.74, 6) is 2.99. The Morgan fingerprint density at radius 2 is 2.05 bits per heavy atom. The molecule has 1 aromatic rings. The minimum atomic E-state index is -3.40. The van der Waals surface area contributed by atoms with Crippen LogP contribution in [0.15, 0.2) is 17.3 Å². The van der Waals surface area contributed by atoms with Crippen molar-refractivity contribution in [2.45, 2.75) is 43.0 Å². The van der Waals surface area contributed by atoms with Gasteiger partial charge in [-0.1, -0.05) is 6.42 Å². The van der Waals surface area contributed by atoms with Crippen molar-refractivity contribution >= 4 is 10.0 Å². The Hall–Kier alpha value is -0.880. The van der Waals surface area contributed by atoms with Crippen molar-refractivity contribution < 1.29 is 8.42 Å². The average molecular weight is 281 g/mol. The molecule has 3 saturated carbocycles. The molecule has 2 bridgehead atoms. The maximum atomic E-state index is 12.2. The Labute approximate surface area is 113 Å². The Morgan fingerprint density at radius 3 is 2.84 bits per heavy atom. The number of H-pyrrole nitrogens is 1. The molecule has 6 heteroatoms. The van der Waals surface area contributed by atoms with Gasteiger partial charge in [-0.15, -0.1) is 0 Å². The fourth-order valence-corrected chi connectivity index (χ4v) is 6.06. The predicted octanol–water partition coefficient (Wildman–Crippen LogP) is 1.51. The third kappa shape index (κ3) is 1.76. The highest BCUT2D eigenvalue weighted by molar-refractivity contribution is 7.89. The van der Waals surface area contributed by atoms with Crippen molar-refractivity contribution in [3.05, 3.63) is 12.4 Å². The zero-order valence-electron chi connectivity index (χ0n) is 10.7. The van der Waals surface area contributed by atoms with E-state index in [2.05, 4.69) is 14.9 Å². The Balaban J connectivity index is 1.53. The van der Waals surface area contributed by atoms with E-state index < -0.39 is 10.0 Å². The van der Waals surface area contributed by atoms with Crippen LogP contribution in [0.1, 0.15) is 32.1 Å². The molecule has 0 radical (unpaired) electrons. The largest absolute Gasteiger partial charge is 0.284 e. The molecule has 3 aliphatic carbocycles. The first kappa shape index (κ1) is 11.9. The van der Waals surface area contributed by atoms with E-state index >= 15 is 0 Å². The summed E-state index contributed by atoms with van der Waals surface area (Å²) in [6.45, 7) is 0. The maximum Gasteiger partial charge on any atom is 0.243 e. The summed E-state index contributed by atoms with van der Waals surface area (Å²) in [5, 5.41) is 6.28. The molecular formula is C13H19N3O2S. The molecule has 1 heterocycles. The van der Waals surface area contributed by atoms with E-state index in [0.717, 1.165) is 24.2 Å². The number of rotatable bonds is 3. The minimum absolute atomic E-state index is 0.143. The summed E-state index contributed by atoms with van der Waals surface area (Å²) < 4.78 is 27.4. The molecule has 0 amide bonds. The number of fused-ring (bicyclic) bond motifs is 5. The van der Waals surface area contributed by atoms with Gasteiger partial charge in [-0.2, -0.15) is 5.10 Å². The molecule has 104 valence electrons. The number of nitrogens with zero attached hydrogens (tertiary/aromatic N) is 1. The summed E-state index contributed by atoms with van der Waals surface area (Å²) in [5.41, 5.74) is 0. The molecule has 5 nitrogen and oxygen atoms in total. The van der Waals surface area contributed by atoms with Crippen molar-refractivity contribution in [2.75, 3.05) is 0 Å². The van der Waals surface area contributed by atoms with Crippen LogP contribution in [0.2, 0.25) is 0 Å². The predicted molar refractivity (Wildman–Crippen MR) is 69.7 cm³/mol. The molecule has 2 N–H and O–H groups in total. The van der Waals surface area contributed by atoms with Crippen molar-refractivity contribution in [3.63, 3.8) is 0 Å². The van der Waals surface area contributed by atoms with Gasteiger partial charge in [-0.25, -0.2) is 13.1 Å². The lowest BCUT2D eigenvalue weighted by molar-refractivity contribution is 0.224. The van der Waals surface area contributed by atoms with Crippen molar-refractivity contribution in [2.24, 2.45) is 23.7 Å². The molecule has 5 unspecified atom stereocenters. The second-order valence-electron chi connectivity index (χ2n) is 6.32. The smallest absolute Gasteiger partial charge is 0.243 e. The molecule has 19 heavy (non-hydrogen) atoms. The van der Waals surface area contributed by atoms with Gasteiger partial charge in [0.1, 0.15) is 4.90 Å². The van der Waals surface area contributed by atoms with E-state index in [9.17, 15) is 8.42 Å². The number of aromatic nitrogens is 2. The van der Waals surface area contributed by atoms with E-state index in [0.29, 0.717) is 5.92 Å². The third-order valence-corrected chi connectivity index (χ3v) is 6.98. The Bertz CT molecular complexity index is 569. The molecular weight excluding hydrogens is 262 g/mol. The van der Waals surface area contributed by atoms with Crippen molar-refractivity contribution in [1.29, 1.82) is 0 Å². The van der Waals surface area contributed by atoms with Gasteiger partial charge < -0.3 is 0 Å². The number of hydrogen-bond donors (Lipinski definition) is 2. The van der Waals surface area contributed by atoms with Crippen LogP contribution in [0.25, 0.3) is 0 Å². The first-order valence-electron chi connectivity index (χ1n) is 7.16. The van der Waals surface area contributed by atoms with E-state index in [1.165, 1.54) is 38.1 Å². The van der Waals surface area contributed by atoms with Gasteiger partial charge in [-0.3, -0.25) is 5.10 Å². The van der Waals surface area contributed by atoms with Crippen LogP contribution >= 0.6 is 0 Å². The molecule has 0 aromatic carbocycles. The topological polar surface area (TPSA) is 74.8 Å². The summed E-state index contributed by atoms with van der Waals surface area (Å²) in [6.07, 6.45) is 9.07. The second-order valence-corrected chi connectivity index (χ2v) is 8.03. The monoisotopic (exact) mass is 281 g/mol. The van der Waals surface area contributed by atoms with Crippen LogP contribution in [0, 0.1) is 23.7 Å². The van der Waals surface area contributed by atoms with Gasteiger partial charge in [0.25, 0.3) is 0 Å². The van der Waals surface area contributed by atoms with E-state index in [-0.39, 0.29) is 10.9 Å². The van der Waals surface area contributed by atoms with Crippen LogP contribution in [-0.4, -0.2) is 24.7 Å². The summed E-state index contributed by atoms with van der Waals surface area (Å²) in [7, 11) is -3.40. The number of sulfonamides is 1. The van der Waals surface area contributed by atoms with Crippen LogP contribution in [0.3, 0.4) is 0 Å². The van der Waals surface area contributed by atoms with Gasteiger partial charge in [0.05, 0.1) is 6.20 Å². The van der Waals surface area contributed by atoms with E-state index in [1.54, 1.807) is 0 Å². The molecule has 3 aliphatic rings. The highest BCUT2D eigenvalue weighted by atomic mass is 32.2. The highest BCUT2D eigenvalue weighted by Gasteiger charge is 2.54. The second kappa shape index (κ2) is 4.06. The molecule has 0 saturated heterocycles. The van der Waals surface area contributed by atoms with Crippen LogP contribution in [0.4, 0.5) is 0 Å². The molecule has 4 rings (SSSR count). The first-order valence-corrected chi connectivity index (χ1v) is 8.64. The lowest BCUT2D eigenvalue weighted by Crippen LogP contribution is -2.42. The van der Waals surface area contributed by atoms with Crippen molar-refractivity contribution in [3.8, 4) is 0 Å². The summed E-state index contributed by atoms with van der Waals surface area (Å²) in [4.78, 5) is 0.248. The fourth-order valence-electron chi connectivity index (χ4n) is 4.86. The zero-order valence-corrected chi connectivity index (χ0v) is 11.6. The number of nitrogens with one attached hydrogen (secondary N) is 2. The van der Waals surface area contributed by atoms with Crippen LogP contribution < -0.4 is 4.72 Å². The molecule has 0 spiro atoms. The first-order chi connectivity index (χ1) is 9.15. The SMILES string of the molecule is O=S(=O)(NC1CC2CC1C1CCCC21)c1cn[nH]c1. The maximum absolute atomic E-state index is 12.2. The summed E-state index contributed by atoms with van der Waals surface area (Å²) in [6, 6.07) is 0.143. The van der Waals surface area contributed by atoms with Crippen LogP contribution in [-0.2, 0) is 10.0 Å². The van der Waals surface area contributed by atoms with Gasteiger partial charge >= 0.3 is 0 Å². The molecule has 5 atom stereocenters. The Kier molecular flexibility index (Phi) is 2.54. The van der Waals surface area contributed by atoms with Crippen molar-refractivity contribution in [1.82, 2.24) is 14.9 Å². The van der Waals surface area contributed by atoms with Gasteiger partial charge in [0.2, 0.25) is 10.0 Å². The van der Waals surface area contributed by atoms with Gasteiger partial charge in [0, 0.05) is 12.2 Å². The number of hydrogen-bond acceptors (Lipinski definition) is 3. The fraction of sp³-hybridized carbons (Fsp3) is 0.769. The number of aromatic amines is 1. The average Bonchev–Trinajstić information content (AvgIpc) is 3.11. The third-order valence-electron chi connectivity index (χ3n) is 5.52. The van der Waals surface area contributed by atoms with E-state index in [4.69, 9.17) is 0 Å². The standard InChI is InChI=1S/C13H19N3O2S/c17-19(18,9-6-14-15-7-9)16-13-5-8-4-12(13)11-3-1-2-10(8)11/h6-8,10-13,16H,1-5H2,(H,14,15). The quantitative estimate of drug-likeness (QED) is 0.882. The normalized spacial score (nSPS) is 40.7. The molecule has 1 aromatic heterocycles. The molecule has 0 aliphatic heterocycles. The molecule has 3 fully saturated rings. The van der Waals surface area contributed by atoms with Gasteiger partial charge in [-0.05, 0) is 49.4 Å².